The first-order valence-electron chi connectivity index (χ1n) is 5.94. The van der Waals surface area contributed by atoms with Gasteiger partial charge in [0, 0.05) is 27.7 Å². The highest BCUT2D eigenvalue weighted by atomic mass is 14.7. The molecule has 2 aromatic heterocycles. The highest BCUT2D eigenvalue weighted by Gasteiger charge is 2.10. The van der Waals surface area contributed by atoms with E-state index in [1.54, 1.807) is 0 Å². The summed E-state index contributed by atoms with van der Waals surface area (Å²) < 4.78 is 0. The zero-order valence-electron chi connectivity index (χ0n) is 10.7. The number of rotatable bonds is 0. The van der Waals surface area contributed by atoms with Gasteiger partial charge in [0.2, 0.25) is 0 Å². The fourth-order valence-electron chi connectivity index (χ4n) is 2.61. The molecular weight excluding hydrogens is 208 g/mol. The van der Waals surface area contributed by atoms with Gasteiger partial charge < -0.3 is 4.98 Å². The summed E-state index contributed by atoms with van der Waals surface area (Å²) in [7, 11) is 0. The Kier molecular flexibility index (Phi) is 2.02. The van der Waals surface area contributed by atoms with Gasteiger partial charge in [-0.2, -0.15) is 0 Å². The van der Waals surface area contributed by atoms with E-state index in [1.165, 1.54) is 33.1 Å². The predicted octanol–water partition coefficient (Wildman–Crippen LogP) is 3.95. The molecule has 2 heterocycles. The van der Waals surface area contributed by atoms with E-state index in [1.807, 2.05) is 0 Å². The lowest BCUT2D eigenvalue weighted by molar-refractivity contribution is 1.23. The molecule has 0 fully saturated rings. The molecule has 0 saturated heterocycles. The largest absolute Gasteiger partial charge is 0.359 e. The number of aromatic nitrogens is 2. The lowest BCUT2D eigenvalue weighted by atomic mass is 10.0. The van der Waals surface area contributed by atoms with Crippen molar-refractivity contribution >= 4 is 21.8 Å². The summed E-state index contributed by atoms with van der Waals surface area (Å²) in [6.45, 7) is 8.46. The van der Waals surface area contributed by atoms with E-state index < -0.39 is 0 Å². The van der Waals surface area contributed by atoms with Crippen molar-refractivity contribution in [2.45, 2.75) is 27.7 Å². The topological polar surface area (TPSA) is 28.7 Å². The molecular formula is C15H16N2. The first-order chi connectivity index (χ1) is 8.08. The molecule has 3 aromatic rings. The highest BCUT2D eigenvalue weighted by Crippen LogP contribution is 2.30. The van der Waals surface area contributed by atoms with Gasteiger partial charge in [-0.1, -0.05) is 6.07 Å². The van der Waals surface area contributed by atoms with Crippen LogP contribution in [-0.4, -0.2) is 9.97 Å². The predicted molar refractivity (Wildman–Crippen MR) is 72.5 cm³/mol. The standard InChI is InChI=1S/C15H16N2/c1-8-7-9(2)16-13-6-5-12-10(3)11(4)17-15(12)14(8)13/h5-7,16H,1-4H3. The molecule has 0 bridgehead atoms. The number of H-pyrrole nitrogens is 1. The van der Waals surface area contributed by atoms with Crippen molar-refractivity contribution in [3.63, 3.8) is 0 Å². The van der Waals surface area contributed by atoms with Crippen LogP contribution in [0.3, 0.4) is 0 Å². The van der Waals surface area contributed by atoms with Gasteiger partial charge in [-0.3, -0.25) is 4.98 Å². The number of fused-ring (bicyclic) bond motifs is 3. The Hall–Kier alpha value is -1.83. The lowest BCUT2D eigenvalue weighted by Gasteiger charge is -2.06. The molecule has 0 aliphatic heterocycles. The number of pyridine rings is 1. The van der Waals surface area contributed by atoms with E-state index in [4.69, 9.17) is 4.98 Å². The van der Waals surface area contributed by atoms with Gasteiger partial charge in [-0.05, 0) is 51.0 Å². The van der Waals surface area contributed by atoms with Crippen LogP contribution < -0.4 is 0 Å². The Bertz CT molecular complexity index is 736. The normalized spacial score (nSPS) is 11.5. The Morgan fingerprint density at radius 2 is 1.82 bits per heavy atom. The minimum Gasteiger partial charge on any atom is -0.359 e. The fraction of sp³-hybridized carbons (Fsp3) is 0.267. The van der Waals surface area contributed by atoms with Crippen molar-refractivity contribution in [2.75, 3.05) is 0 Å². The molecule has 0 aliphatic rings. The van der Waals surface area contributed by atoms with E-state index in [0.717, 1.165) is 11.2 Å². The second-order valence-corrected chi connectivity index (χ2v) is 4.84. The minimum atomic E-state index is 1.13. The number of hydrogen-bond acceptors (Lipinski definition) is 1. The van der Waals surface area contributed by atoms with E-state index in [2.05, 4.69) is 50.9 Å². The Morgan fingerprint density at radius 3 is 2.59 bits per heavy atom. The molecule has 2 heteroatoms. The first kappa shape index (κ1) is 10.3. The van der Waals surface area contributed by atoms with E-state index in [0.29, 0.717) is 0 Å². The number of hydrogen-bond donors (Lipinski definition) is 1. The summed E-state index contributed by atoms with van der Waals surface area (Å²) in [5.74, 6) is 0. The van der Waals surface area contributed by atoms with Crippen molar-refractivity contribution in [1.29, 1.82) is 0 Å². The van der Waals surface area contributed by atoms with Gasteiger partial charge in [0.1, 0.15) is 0 Å². The smallest absolute Gasteiger partial charge is 0.0804 e. The van der Waals surface area contributed by atoms with Crippen LogP contribution in [-0.2, 0) is 0 Å². The van der Waals surface area contributed by atoms with Crippen LogP contribution in [0.4, 0.5) is 0 Å². The molecule has 0 radical (unpaired) electrons. The average molecular weight is 224 g/mol. The molecule has 3 rings (SSSR count). The third kappa shape index (κ3) is 1.37. The van der Waals surface area contributed by atoms with Crippen LogP contribution in [0.5, 0.6) is 0 Å². The Balaban J connectivity index is 2.60. The third-order valence-corrected chi connectivity index (χ3v) is 3.56. The number of benzene rings is 1. The average Bonchev–Trinajstić information content (AvgIpc) is 2.54. The molecule has 0 saturated carbocycles. The number of nitrogens with one attached hydrogen (secondary N) is 1. The van der Waals surface area contributed by atoms with Crippen LogP contribution >= 0.6 is 0 Å². The van der Waals surface area contributed by atoms with Crippen molar-refractivity contribution in [1.82, 2.24) is 9.97 Å². The summed E-state index contributed by atoms with van der Waals surface area (Å²) in [5, 5.41) is 2.53. The van der Waals surface area contributed by atoms with Gasteiger partial charge in [-0.15, -0.1) is 0 Å². The summed E-state index contributed by atoms with van der Waals surface area (Å²) in [4.78, 5) is 8.12. The van der Waals surface area contributed by atoms with Crippen LogP contribution in [0.25, 0.3) is 21.8 Å². The quantitative estimate of drug-likeness (QED) is 0.615. The molecule has 86 valence electrons. The minimum absolute atomic E-state index is 1.13. The number of aryl methyl sites for hydroxylation is 4. The monoisotopic (exact) mass is 224 g/mol. The molecule has 1 aromatic carbocycles. The van der Waals surface area contributed by atoms with Crippen LogP contribution in [0, 0.1) is 27.7 Å². The second-order valence-electron chi connectivity index (χ2n) is 4.84. The maximum atomic E-state index is 4.71. The lowest BCUT2D eigenvalue weighted by Crippen LogP contribution is -1.88. The summed E-state index contributed by atoms with van der Waals surface area (Å²) in [6.07, 6.45) is 0. The number of nitrogens with zero attached hydrogens (tertiary/aromatic N) is 1. The third-order valence-electron chi connectivity index (χ3n) is 3.56. The summed E-state index contributed by atoms with van der Waals surface area (Å²) >= 11 is 0. The molecule has 0 amide bonds. The van der Waals surface area contributed by atoms with E-state index >= 15 is 0 Å². The van der Waals surface area contributed by atoms with E-state index in [-0.39, 0.29) is 0 Å². The van der Waals surface area contributed by atoms with E-state index in [9.17, 15) is 0 Å². The fourth-order valence-corrected chi connectivity index (χ4v) is 2.61. The molecule has 0 spiro atoms. The molecule has 0 aliphatic carbocycles. The van der Waals surface area contributed by atoms with Gasteiger partial charge >= 0.3 is 0 Å². The molecule has 17 heavy (non-hydrogen) atoms. The first-order valence-corrected chi connectivity index (χ1v) is 5.94. The highest BCUT2D eigenvalue weighted by molar-refractivity contribution is 6.07. The zero-order valence-corrected chi connectivity index (χ0v) is 10.7. The maximum absolute atomic E-state index is 4.71. The van der Waals surface area contributed by atoms with Gasteiger partial charge in [0.15, 0.2) is 0 Å². The molecule has 0 atom stereocenters. The van der Waals surface area contributed by atoms with Gasteiger partial charge in [0.25, 0.3) is 0 Å². The van der Waals surface area contributed by atoms with Crippen LogP contribution in [0.2, 0.25) is 0 Å². The van der Waals surface area contributed by atoms with Crippen LogP contribution in [0.15, 0.2) is 18.2 Å². The molecule has 2 nitrogen and oxygen atoms in total. The van der Waals surface area contributed by atoms with Crippen LogP contribution in [0.1, 0.15) is 22.5 Å². The van der Waals surface area contributed by atoms with Crippen molar-refractivity contribution < 1.29 is 0 Å². The summed E-state index contributed by atoms with van der Waals surface area (Å²) in [6, 6.07) is 6.51. The Labute approximate surface area is 101 Å². The van der Waals surface area contributed by atoms with Crippen molar-refractivity contribution in [3.8, 4) is 0 Å². The van der Waals surface area contributed by atoms with Gasteiger partial charge in [-0.25, -0.2) is 0 Å². The van der Waals surface area contributed by atoms with Gasteiger partial charge in [0.05, 0.1) is 5.52 Å². The second kappa shape index (κ2) is 3.33. The van der Waals surface area contributed by atoms with Crippen molar-refractivity contribution in [2.24, 2.45) is 0 Å². The van der Waals surface area contributed by atoms with Crippen molar-refractivity contribution in [3.05, 3.63) is 40.7 Å². The SMILES string of the molecule is Cc1cc(C)c2c(ccc3c(C)c(C)nc32)[nH]1. The Morgan fingerprint density at radius 1 is 1.06 bits per heavy atom. The maximum Gasteiger partial charge on any atom is 0.0804 e. The summed E-state index contributed by atoms with van der Waals surface area (Å²) in [5.41, 5.74) is 7.21. The molecule has 1 N–H and O–H groups in total. The number of aromatic amines is 1. The molecule has 0 unspecified atom stereocenters. The zero-order chi connectivity index (χ0) is 12.2.